The Bertz CT molecular complexity index is 307. The maximum atomic E-state index is 10.9. The van der Waals surface area contributed by atoms with E-state index < -0.39 is 0 Å². The maximum absolute atomic E-state index is 10.9. The highest BCUT2D eigenvalue weighted by Crippen LogP contribution is 2.10. The minimum Gasteiger partial charge on any atom is -0.481 e. The molecule has 0 aliphatic rings. The first-order valence-corrected chi connectivity index (χ1v) is 4.16. The van der Waals surface area contributed by atoms with Crippen LogP contribution in [0.25, 0.3) is 0 Å². The second-order valence-electron chi connectivity index (χ2n) is 2.25. The number of carbonyl (C=O) groups excluding carboxylic acids is 1. The van der Waals surface area contributed by atoms with Crippen molar-refractivity contribution in [3.05, 3.63) is 18.2 Å². The lowest BCUT2D eigenvalue weighted by molar-refractivity contribution is -0.113. The van der Waals surface area contributed by atoms with E-state index in [0.29, 0.717) is 11.7 Å². The van der Waals surface area contributed by atoms with Gasteiger partial charge >= 0.3 is 0 Å². The molecule has 78 valence electrons. The molecule has 1 rings (SSSR count). The van der Waals surface area contributed by atoms with Crippen molar-refractivity contribution in [2.75, 3.05) is 18.3 Å². The van der Waals surface area contributed by atoms with Crippen LogP contribution in [0.15, 0.2) is 18.2 Å². The first-order chi connectivity index (χ1) is 6.26. The van der Waals surface area contributed by atoms with E-state index in [0.717, 1.165) is 0 Å². The van der Waals surface area contributed by atoms with Crippen LogP contribution in [0.5, 0.6) is 5.88 Å². The summed E-state index contributed by atoms with van der Waals surface area (Å²) in [5, 5.41) is 2.50. The summed E-state index contributed by atoms with van der Waals surface area (Å²) in [7, 11) is 1.51. The van der Waals surface area contributed by atoms with E-state index in [9.17, 15) is 4.79 Å². The summed E-state index contributed by atoms with van der Waals surface area (Å²) in [6.07, 6.45) is 0. The fourth-order valence-corrected chi connectivity index (χ4v) is 0.841. The Balaban J connectivity index is 0.00000169. The fraction of sp³-hybridized carbons (Fsp3) is 0.250. The van der Waals surface area contributed by atoms with Gasteiger partial charge in [0.1, 0.15) is 11.7 Å². The van der Waals surface area contributed by atoms with Crippen molar-refractivity contribution in [2.45, 2.75) is 0 Å². The molecule has 1 aromatic rings. The van der Waals surface area contributed by atoms with Crippen molar-refractivity contribution in [3.8, 4) is 5.88 Å². The summed E-state index contributed by atoms with van der Waals surface area (Å²) in [6, 6.07) is 5.08. The number of anilines is 1. The zero-order valence-corrected chi connectivity index (χ0v) is 9.06. The van der Waals surface area contributed by atoms with Crippen LogP contribution in [0.4, 0.5) is 5.82 Å². The van der Waals surface area contributed by atoms with Gasteiger partial charge in [0, 0.05) is 6.07 Å². The molecule has 0 saturated carbocycles. The largest absolute Gasteiger partial charge is 0.481 e. The van der Waals surface area contributed by atoms with E-state index in [1.807, 2.05) is 0 Å². The van der Waals surface area contributed by atoms with Gasteiger partial charge < -0.3 is 10.1 Å². The normalized spacial score (nSPS) is 8.71. The second-order valence-corrected chi connectivity index (χ2v) is 2.51. The number of nitrogens with zero attached hydrogens (tertiary/aromatic N) is 1. The Labute approximate surface area is 93.0 Å². The molecule has 1 aromatic heterocycles. The topological polar surface area (TPSA) is 51.2 Å². The molecule has 1 N–H and O–H groups in total. The highest BCUT2D eigenvalue weighted by molar-refractivity contribution is 6.28. The molecule has 0 unspecified atom stereocenters. The molecule has 0 aliphatic carbocycles. The number of halogens is 2. The van der Waals surface area contributed by atoms with E-state index in [-0.39, 0.29) is 24.2 Å². The first kappa shape index (κ1) is 13.0. The highest BCUT2D eigenvalue weighted by Gasteiger charge is 2.01. The molecule has 0 saturated heterocycles. The number of nitrogens with one attached hydrogen (secondary N) is 1. The van der Waals surface area contributed by atoms with Crippen molar-refractivity contribution in [1.29, 1.82) is 0 Å². The number of hydrogen-bond acceptors (Lipinski definition) is 3. The average molecular weight is 237 g/mol. The zero-order chi connectivity index (χ0) is 9.68. The van der Waals surface area contributed by atoms with Crippen LogP contribution in [0.3, 0.4) is 0 Å². The van der Waals surface area contributed by atoms with Crippen molar-refractivity contribution in [3.63, 3.8) is 0 Å². The van der Waals surface area contributed by atoms with Gasteiger partial charge in [-0.15, -0.1) is 24.0 Å². The van der Waals surface area contributed by atoms with Gasteiger partial charge in [0.15, 0.2) is 0 Å². The smallest absolute Gasteiger partial charge is 0.240 e. The molecule has 4 nitrogen and oxygen atoms in total. The van der Waals surface area contributed by atoms with Crippen LogP contribution in [-0.2, 0) is 4.79 Å². The summed E-state index contributed by atoms with van der Waals surface area (Å²) in [5.74, 6) is 0.513. The number of carbonyl (C=O) groups is 1. The quantitative estimate of drug-likeness (QED) is 0.814. The van der Waals surface area contributed by atoms with E-state index >= 15 is 0 Å². The number of aromatic nitrogens is 1. The van der Waals surface area contributed by atoms with E-state index in [4.69, 9.17) is 16.3 Å². The number of rotatable bonds is 3. The average Bonchev–Trinajstić information content (AvgIpc) is 2.18. The van der Waals surface area contributed by atoms with Crippen LogP contribution in [0.1, 0.15) is 0 Å². The molecular weight excluding hydrogens is 227 g/mol. The Hall–Kier alpha value is -1.00. The molecule has 14 heavy (non-hydrogen) atoms. The zero-order valence-electron chi connectivity index (χ0n) is 7.49. The summed E-state index contributed by atoms with van der Waals surface area (Å²) in [4.78, 5) is 14.8. The summed E-state index contributed by atoms with van der Waals surface area (Å²) in [5.41, 5.74) is 0. The fourth-order valence-electron chi connectivity index (χ4n) is 0.774. The predicted octanol–water partition coefficient (Wildman–Crippen LogP) is 1.69. The van der Waals surface area contributed by atoms with Crippen molar-refractivity contribution >= 4 is 35.7 Å². The van der Waals surface area contributed by atoms with Gasteiger partial charge in [-0.1, -0.05) is 6.07 Å². The Morgan fingerprint density at radius 2 is 2.36 bits per heavy atom. The van der Waals surface area contributed by atoms with Crippen LogP contribution in [0, 0.1) is 0 Å². The molecule has 0 atom stereocenters. The maximum Gasteiger partial charge on any atom is 0.240 e. The number of methoxy groups -OCH3 is 1. The molecule has 0 spiro atoms. The SMILES string of the molecule is COc1cccc(NC(=O)CCl)n1.Cl. The lowest BCUT2D eigenvalue weighted by Crippen LogP contribution is -2.13. The van der Waals surface area contributed by atoms with E-state index in [1.54, 1.807) is 18.2 Å². The highest BCUT2D eigenvalue weighted by atomic mass is 35.5. The lowest BCUT2D eigenvalue weighted by atomic mass is 10.4. The monoisotopic (exact) mass is 236 g/mol. The predicted molar refractivity (Wildman–Crippen MR) is 57.4 cm³/mol. The van der Waals surface area contributed by atoms with Crippen molar-refractivity contribution in [1.82, 2.24) is 4.98 Å². The molecule has 1 amide bonds. The third-order valence-electron chi connectivity index (χ3n) is 1.32. The Morgan fingerprint density at radius 1 is 1.64 bits per heavy atom. The molecule has 1 heterocycles. The van der Waals surface area contributed by atoms with Gasteiger partial charge in [-0.2, -0.15) is 4.98 Å². The molecule has 0 bridgehead atoms. The standard InChI is InChI=1S/C8H9ClN2O2.ClH/c1-13-8-4-2-3-6(11-8)10-7(12)5-9;/h2-4H,5H2,1H3,(H,10,11,12);1H. The molecule has 0 fully saturated rings. The molecular formula is C8H10Cl2N2O2. The second kappa shape index (κ2) is 6.45. The van der Waals surface area contributed by atoms with Crippen molar-refractivity contribution < 1.29 is 9.53 Å². The molecule has 0 radical (unpaired) electrons. The molecule has 0 aliphatic heterocycles. The lowest BCUT2D eigenvalue weighted by Gasteiger charge is -2.03. The summed E-state index contributed by atoms with van der Waals surface area (Å²) >= 11 is 5.30. The number of alkyl halides is 1. The third-order valence-corrected chi connectivity index (χ3v) is 1.56. The summed E-state index contributed by atoms with van der Waals surface area (Å²) < 4.78 is 4.87. The minimum atomic E-state index is -0.289. The van der Waals surface area contributed by atoms with Gasteiger partial charge in [0.2, 0.25) is 11.8 Å². The van der Waals surface area contributed by atoms with Crippen LogP contribution >= 0.6 is 24.0 Å². The van der Waals surface area contributed by atoms with E-state index in [1.165, 1.54) is 7.11 Å². The minimum absolute atomic E-state index is 0. The van der Waals surface area contributed by atoms with Gasteiger partial charge in [-0.05, 0) is 6.07 Å². The van der Waals surface area contributed by atoms with Gasteiger partial charge in [0.05, 0.1) is 7.11 Å². The first-order valence-electron chi connectivity index (χ1n) is 3.63. The molecule has 0 aromatic carbocycles. The Morgan fingerprint density at radius 3 is 2.93 bits per heavy atom. The van der Waals surface area contributed by atoms with E-state index in [2.05, 4.69) is 10.3 Å². The number of pyridine rings is 1. The number of amides is 1. The van der Waals surface area contributed by atoms with Gasteiger partial charge in [-0.3, -0.25) is 4.79 Å². The number of ether oxygens (including phenoxy) is 1. The van der Waals surface area contributed by atoms with Crippen LogP contribution in [-0.4, -0.2) is 23.9 Å². The third kappa shape index (κ3) is 3.81. The van der Waals surface area contributed by atoms with Crippen molar-refractivity contribution in [2.24, 2.45) is 0 Å². The summed E-state index contributed by atoms with van der Waals surface area (Å²) in [6.45, 7) is 0. The van der Waals surface area contributed by atoms with Crippen LogP contribution in [0.2, 0.25) is 0 Å². The Kier molecular flexibility index (Phi) is 5.99. The molecule has 6 heteroatoms. The van der Waals surface area contributed by atoms with Crippen LogP contribution < -0.4 is 10.1 Å². The number of hydrogen-bond donors (Lipinski definition) is 1. The van der Waals surface area contributed by atoms with Gasteiger partial charge in [0.25, 0.3) is 0 Å². The van der Waals surface area contributed by atoms with Gasteiger partial charge in [-0.25, -0.2) is 0 Å².